The molecule has 1 aliphatic rings. The van der Waals surface area contributed by atoms with E-state index in [2.05, 4.69) is 5.32 Å². The molecule has 1 unspecified atom stereocenters. The average Bonchev–Trinajstić information content (AvgIpc) is 2.32. The summed E-state index contributed by atoms with van der Waals surface area (Å²) in [5.41, 5.74) is 0.715. The number of carboxylic acids is 1. The van der Waals surface area contributed by atoms with Crippen molar-refractivity contribution in [1.29, 1.82) is 0 Å². The largest absolute Gasteiger partial charge is 0.481 e. The molecule has 5 nitrogen and oxygen atoms in total. The second-order valence-corrected chi connectivity index (χ2v) is 4.67. The number of rotatable bonds is 3. The third-order valence-electron chi connectivity index (χ3n) is 2.83. The van der Waals surface area contributed by atoms with Gasteiger partial charge >= 0.3 is 12.0 Å². The molecule has 1 aromatic carbocycles. The Morgan fingerprint density at radius 2 is 2.11 bits per heavy atom. The average molecular weight is 269 g/mol. The summed E-state index contributed by atoms with van der Waals surface area (Å²) in [6.45, 7) is 0.801. The maximum Gasteiger partial charge on any atom is 0.321 e. The van der Waals surface area contributed by atoms with Gasteiger partial charge in [0, 0.05) is 29.7 Å². The first-order valence-corrected chi connectivity index (χ1v) is 5.97. The zero-order valence-electron chi connectivity index (χ0n) is 9.60. The van der Waals surface area contributed by atoms with Crippen LogP contribution in [0, 0.1) is 5.92 Å². The van der Waals surface area contributed by atoms with Gasteiger partial charge in [0.1, 0.15) is 0 Å². The summed E-state index contributed by atoms with van der Waals surface area (Å²) in [5.74, 6) is -0.942. The highest BCUT2D eigenvalue weighted by Gasteiger charge is 2.27. The van der Waals surface area contributed by atoms with Gasteiger partial charge < -0.3 is 10.4 Å². The molecule has 1 aromatic rings. The molecular formula is C12H13ClN2O3. The molecule has 1 aliphatic heterocycles. The minimum atomic E-state index is -0.854. The number of amides is 2. The fourth-order valence-electron chi connectivity index (χ4n) is 1.96. The van der Waals surface area contributed by atoms with Crippen LogP contribution in [-0.2, 0) is 4.79 Å². The Morgan fingerprint density at radius 1 is 1.44 bits per heavy atom. The second-order valence-electron chi connectivity index (χ2n) is 4.24. The molecule has 96 valence electrons. The number of aliphatic carboxylic acids is 1. The highest BCUT2D eigenvalue weighted by molar-refractivity contribution is 6.30. The van der Waals surface area contributed by atoms with E-state index in [1.54, 1.807) is 24.3 Å². The lowest BCUT2D eigenvalue weighted by Crippen LogP contribution is -2.51. The molecular weight excluding hydrogens is 256 g/mol. The van der Waals surface area contributed by atoms with Crippen molar-refractivity contribution in [2.24, 2.45) is 5.92 Å². The van der Waals surface area contributed by atoms with E-state index < -0.39 is 5.97 Å². The van der Waals surface area contributed by atoms with Gasteiger partial charge in [-0.2, -0.15) is 0 Å². The molecule has 18 heavy (non-hydrogen) atoms. The van der Waals surface area contributed by atoms with Gasteiger partial charge in [-0.15, -0.1) is 0 Å². The third-order valence-corrected chi connectivity index (χ3v) is 3.08. The van der Waals surface area contributed by atoms with Crippen LogP contribution in [0.15, 0.2) is 24.3 Å². The lowest BCUT2D eigenvalue weighted by Gasteiger charge is -2.32. The highest BCUT2D eigenvalue weighted by Crippen LogP contribution is 2.22. The molecule has 1 atom stereocenters. The van der Waals surface area contributed by atoms with Crippen molar-refractivity contribution >= 4 is 29.3 Å². The zero-order chi connectivity index (χ0) is 13.1. The molecule has 0 aliphatic carbocycles. The molecule has 0 bridgehead atoms. The molecule has 6 heteroatoms. The number of hydrogen-bond acceptors (Lipinski definition) is 2. The summed E-state index contributed by atoms with van der Waals surface area (Å²) in [4.78, 5) is 24.0. The van der Waals surface area contributed by atoms with Crippen molar-refractivity contribution in [3.8, 4) is 0 Å². The van der Waals surface area contributed by atoms with Gasteiger partial charge in [0.15, 0.2) is 0 Å². The Kier molecular flexibility index (Phi) is 3.72. The molecule has 1 fully saturated rings. The van der Waals surface area contributed by atoms with Crippen LogP contribution in [-0.4, -0.2) is 30.2 Å². The number of urea groups is 1. The van der Waals surface area contributed by atoms with Crippen LogP contribution >= 0.6 is 11.6 Å². The first-order chi connectivity index (χ1) is 8.56. The lowest BCUT2D eigenvalue weighted by atomic mass is 10.0. The Bertz CT molecular complexity index is 461. The molecule has 0 aromatic heterocycles. The molecule has 2 rings (SSSR count). The van der Waals surface area contributed by atoms with E-state index in [9.17, 15) is 9.59 Å². The van der Waals surface area contributed by atoms with Crippen LogP contribution in [0.3, 0.4) is 0 Å². The molecule has 1 heterocycles. The Balaban J connectivity index is 2.12. The van der Waals surface area contributed by atoms with Gasteiger partial charge in [-0.25, -0.2) is 4.79 Å². The minimum absolute atomic E-state index is 0.0460. The summed E-state index contributed by atoms with van der Waals surface area (Å²) in [5, 5.41) is 12.1. The second kappa shape index (κ2) is 5.27. The number of nitrogens with zero attached hydrogens (tertiary/aromatic N) is 1. The van der Waals surface area contributed by atoms with E-state index in [0.29, 0.717) is 23.8 Å². The predicted octanol–water partition coefficient (Wildman–Crippen LogP) is 1.96. The van der Waals surface area contributed by atoms with Crippen molar-refractivity contribution in [1.82, 2.24) is 5.32 Å². The molecule has 0 saturated carbocycles. The first-order valence-electron chi connectivity index (χ1n) is 5.59. The van der Waals surface area contributed by atoms with Crippen molar-refractivity contribution in [2.75, 3.05) is 18.0 Å². The van der Waals surface area contributed by atoms with Crippen LogP contribution in [0.25, 0.3) is 0 Å². The predicted molar refractivity (Wildman–Crippen MR) is 67.9 cm³/mol. The number of halogens is 1. The summed E-state index contributed by atoms with van der Waals surface area (Å²) in [6, 6.07) is 6.67. The van der Waals surface area contributed by atoms with E-state index in [-0.39, 0.29) is 18.4 Å². The number of anilines is 1. The quantitative estimate of drug-likeness (QED) is 0.880. The van der Waals surface area contributed by atoms with Gasteiger partial charge in [0.2, 0.25) is 0 Å². The van der Waals surface area contributed by atoms with Crippen LogP contribution in [0.2, 0.25) is 5.02 Å². The molecule has 0 radical (unpaired) electrons. The molecule has 0 spiro atoms. The molecule has 1 saturated heterocycles. The zero-order valence-corrected chi connectivity index (χ0v) is 10.4. The number of hydrogen-bond donors (Lipinski definition) is 2. The fourth-order valence-corrected chi connectivity index (χ4v) is 2.09. The Hall–Kier alpha value is -1.75. The Morgan fingerprint density at radius 3 is 2.72 bits per heavy atom. The van der Waals surface area contributed by atoms with Crippen LogP contribution < -0.4 is 10.2 Å². The monoisotopic (exact) mass is 268 g/mol. The van der Waals surface area contributed by atoms with Gasteiger partial charge in [-0.1, -0.05) is 11.6 Å². The third kappa shape index (κ3) is 2.92. The van der Waals surface area contributed by atoms with E-state index in [1.165, 1.54) is 4.90 Å². The summed E-state index contributed by atoms with van der Waals surface area (Å²) < 4.78 is 0. The highest BCUT2D eigenvalue weighted by atomic mass is 35.5. The summed E-state index contributed by atoms with van der Waals surface area (Å²) in [7, 11) is 0. The van der Waals surface area contributed by atoms with Gasteiger partial charge in [-0.3, -0.25) is 9.69 Å². The maximum absolute atomic E-state index is 11.7. The topological polar surface area (TPSA) is 69.6 Å². The van der Waals surface area contributed by atoms with Crippen LogP contribution in [0.5, 0.6) is 0 Å². The number of benzene rings is 1. The maximum atomic E-state index is 11.7. The van der Waals surface area contributed by atoms with E-state index in [0.717, 1.165) is 0 Å². The standard InChI is InChI=1S/C12H13ClN2O3/c13-9-1-3-10(4-2-9)15-7-8(5-11(16)17)6-14-12(15)18/h1-4,8H,5-7H2,(H,14,18)(H,16,17). The van der Waals surface area contributed by atoms with Crippen molar-refractivity contribution < 1.29 is 14.7 Å². The minimum Gasteiger partial charge on any atom is -0.481 e. The lowest BCUT2D eigenvalue weighted by molar-refractivity contribution is -0.138. The van der Waals surface area contributed by atoms with Crippen molar-refractivity contribution in [3.05, 3.63) is 29.3 Å². The normalized spacial score (nSPS) is 19.5. The first kappa shape index (κ1) is 12.7. The molecule has 2 amide bonds. The molecule has 2 N–H and O–H groups in total. The summed E-state index contributed by atoms with van der Waals surface area (Å²) in [6.07, 6.45) is 0.0460. The van der Waals surface area contributed by atoms with Gasteiger partial charge in [-0.05, 0) is 24.3 Å². The number of carbonyl (C=O) groups excluding carboxylic acids is 1. The smallest absolute Gasteiger partial charge is 0.321 e. The van der Waals surface area contributed by atoms with Crippen molar-refractivity contribution in [2.45, 2.75) is 6.42 Å². The van der Waals surface area contributed by atoms with Crippen LogP contribution in [0.1, 0.15) is 6.42 Å². The number of carbonyl (C=O) groups is 2. The van der Waals surface area contributed by atoms with Gasteiger partial charge in [0.25, 0.3) is 0 Å². The van der Waals surface area contributed by atoms with Crippen molar-refractivity contribution in [3.63, 3.8) is 0 Å². The summed E-state index contributed by atoms with van der Waals surface area (Å²) >= 11 is 5.79. The SMILES string of the molecule is O=C(O)CC1CNC(=O)N(c2ccc(Cl)cc2)C1. The number of nitrogens with one attached hydrogen (secondary N) is 1. The van der Waals surface area contributed by atoms with E-state index in [1.807, 2.05) is 0 Å². The Labute approximate surface area is 109 Å². The van der Waals surface area contributed by atoms with Crippen LogP contribution in [0.4, 0.5) is 10.5 Å². The van der Waals surface area contributed by atoms with E-state index in [4.69, 9.17) is 16.7 Å². The fraction of sp³-hybridized carbons (Fsp3) is 0.333. The van der Waals surface area contributed by atoms with Gasteiger partial charge in [0.05, 0.1) is 6.42 Å². The van der Waals surface area contributed by atoms with E-state index >= 15 is 0 Å². The number of carboxylic acid groups (broad SMARTS) is 1.